The van der Waals surface area contributed by atoms with E-state index < -0.39 is 6.10 Å². The van der Waals surface area contributed by atoms with E-state index in [1.54, 1.807) is 31.3 Å². The van der Waals surface area contributed by atoms with Crippen LogP contribution in [0.25, 0.3) is 0 Å². The fraction of sp³-hybridized carbons (Fsp3) is 0.476. The van der Waals surface area contributed by atoms with Crippen LogP contribution in [0.4, 0.5) is 5.82 Å². The maximum absolute atomic E-state index is 12.5. The normalized spacial score (nSPS) is 16.2. The largest absolute Gasteiger partial charge is 0.366 e. The molecule has 7 heteroatoms. The smallest absolute Gasteiger partial charge is 0.256 e. The van der Waals surface area contributed by atoms with Crippen LogP contribution in [-0.4, -0.2) is 51.8 Å². The summed E-state index contributed by atoms with van der Waals surface area (Å²) in [5, 5.41) is 7.34. The molecule has 1 aromatic carbocycles. The molecule has 0 unspecified atom stereocenters. The van der Waals surface area contributed by atoms with Crippen LogP contribution < -0.4 is 5.32 Å². The Kier molecular flexibility index (Phi) is 6.46. The zero-order chi connectivity index (χ0) is 20.1. The predicted molar refractivity (Wildman–Crippen MR) is 107 cm³/mol. The molecule has 1 fully saturated rings. The first-order chi connectivity index (χ1) is 13.5. The number of amides is 2. The SMILES string of the molecule is CC(C)O[C@@H](C)C(=O)N1CCC(n2nccc2NC(=O)c2ccccc2)CC1. The zero-order valence-corrected chi connectivity index (χ0v) is 16.7. The second kappa shape index (κ2) is 9.01. The second-order valence-corrected chi connectivity index (χ2v) is 7.36. The number of hydrogen-bond acceptors (Lipinski definition) is 4. The molecular formula is C21H28N4O3. The number of benzene rings is 1. The van der Waals surface area contributed by atoms with Gasteiger partial charge in [0.2, 0.25) is 0 Å². The average Bonchev–Trinajstić information content (AvgIpc) is 3.15. The third-order valence-corrected chi connectivity index (χ3v) is 4.89. The van der Waals surface area contributed by atoms with E-state index in [1.165, 1.54) is 0 Å². The van der Waals surface area contributed by atoms with Crippen molar-refractivity contribution in [1.82, 2.24) is 14.7 Å². The Morgan fingerprint density at radius 3 is 2.43 bits per heavy atom. The zero-order valence-electron chi connectivity index (χ0n) is 16.7. The van der Waals surface area contributed by atoms with Crippen molar-refractivity contribution in [2.24, 2.45) is 0 Å². The van der Waals surface area contributed by atoms with Crippen molar-refractivity contribution in [1.29, 1.82) is 0 Å². The lowest BCUT2D eigenvalue weighted by Gasteiger charge is -2.34. The van der Waals surface area contributed by atoms with Gasteiger partial charge in [-0.15, -0.1) is 0 Å². The summed E-state index contributed by atoms with van der Waals surface area (Å²) in [6.07, 6.45) is 2.86. The standard InChI is InChI=1S/C21H28N4O3/c1-15(2)28-16(3)21(27)24-13-10-18(11-14-24)25-19(9-12-22-25)23-20(26)17-7-5-4-6-8-17/h4-9,12,15-16,18H,10-11,13-14H2,1-3H3,(H,23,26)/t16-/m0/s1. The van der Waals surface area contributed by atoms with E-state index in [0.29, 0.717) is 24.5 Å². The Morgan fingerprint density at radius 2 is 1.79 bits per heavy atom. The molecule has 1 atom stereocenters. The van der Waals surface area contributed by atoms with Gasteiger partial charge in [0, 0.05) is 24.7 Å². The van der Waals surface area contributed by atoms with E-state index in [0.717, 1.165) is 12.8 Å². The van der Waals surface area contributed by atoms with Gasteiger partial charge in [0.25, 0.3) is 11.8 Å². The van der Waals surface area contributed by atoms with Crippen molar-refractivity contribution in [3.63, 3.8) is 0 Å². The molecule has 0 spiro atoms. The molecule has 0 bridgehead atoms. The molecule has 7 nitrogen and oxygen atoms in total. The van der Waals surface area contributed by atoms with Gasteiger partial charge in [-0.1, -0.05) is 18.2 Å². The first kappa shape index (κ1) is 20.1. The number of nitrogens with one attached hydrogen (secondary N) is 1. The van der Waals surface area contributed by atoms with Crippen molar-refractivity contribution < 1.29 is 14.3 Å². The highest BCUT2D eigenvalue weighted by molar-refractivity contribution is 6.03. The van der Waals surface area contributed by atoms with Gasteiger partial charge >= 0.3 is 0 Å². The number of piperidine rings is 1. The summed E-state index contributed by atoms with van der Waals surface area (Å²) in [6.45, 7) is 6.97. The highest BCUT2D eigenvalue weighted by Gasteiger charge is 2.28. The number of rotatable bonds is 6. The molecule has 1 aromatic heterocycles. The third-order valence-electron chi connectivity index (χ3n) is 4.89. The van der Waals surface area contributed by atoms with Crippen molar-refractivity contribution in [3.8, 4) is 0 Å². The van der Waals surface area contributed by atoms with Gasteiger partial charge in [0.1, 0.15) is 11.9 Å². The maximum atomic E-state index is 12.5. The Labute approximate surface area is 165 Å². The lowest BCUT2D eigenvalue weighted by atomic mass is 10.0. The van der Waals surface area contributed by atoms with Gasteiger partial charge < -0.3 is 15.0 Å². The number of ether oxygens (including phenoxy) is 1. The van der Waals surface area contributed by atoms with E-state index in [-0.39, 0.29) is 24.0 Å². The molecule has 28 heavy (non-hydrogen) atoms. The molecule has 3 rings (SSSR count). The summed E-state index contributed by atoms with van der Waals surface area (Å²) in [4.78, 5) is 26.8. The fourth-order valence-electron chi connectivity index (χ4n) is 3.54. The van der Waals surface area contributed by atoms with Crippen molar-refractivity contribution in [2.45, 2.75) is 51.9 Å². The van der Waals surface area contributed by atoms with Gasteiger partial charge in [0.05, 0.1) is 18.3 Å². The maximum Gasteiger partial charge on any atom is 0.256 e. The Morgan fingerprint density at radius 1 is 1.11 bits per heavy atom. The summed E-state index contributed by atoms with van der Waals surface area (Å²) < 4.78 is 7.47. The number of carbonyl (C=O) groups excluding carboxylic acids is 2. The average molecular weight is 384 g/mol. The van der Waals surface area contributed by atoms with Crippen LogP contribution in [0, 0.1) is 0 Å². The minimum Gasteiger partial charge on any atom is -0.366 e. The molecule has 2 heterocycles. The molecule has 1 aliphatic rings. The third kappa shape index (κ3) is 4.78. The highest BCUT2D eigenvalue weighted by Crippen LogP contribution is 2.26. The number of carbonyl (C=O) groups is 2. The van der Waals surface area contributed by atoms with Crippen LogP contribution in [0.5, 0.6) is 0 Å². The minimum atomic E-state index is -0.429. The Balaban J connectivity index is 1.59. The molecule has 150 valence electrons. The highest BCUT2D eigenvalue weighted by atomic mass is 16.5. The molecule has 1 aliphatic heterocycles. The van der Waals surface area contributed by atoms with E-state index in [9.17, 15) is 9.59 Å². The predicted octanol–water partition coefficient (Wildman–Crippen LogP) is 3.11. The number of anilines is 1. The molecule has 1 saturated heterocycles. The van der Waals surface area contributed by atoms with Crippen molar-refractivity contribution >= 4 is 17.6 Å². The quantitative estimate of drug-likeness (QED) is 0.830. The summed E-state index contributed by atoms with van der Waals surface area (Å²) in [7, 11) is 0. The van der Waals surface area contributed by atoms with Crippen LogP contribution >= 0.6 is 0 Å². The molecular weight excluding hydrogens is 356 g/mol. The van der Waals surface area contributed by atoms with Crippen LogP contribution in [0.15, 0.2) is 42.6 Å². The first-order valence-electron chi connectivity index (χ1n) is 9.80. The van der Waals surface area contributed by atoms with Gasteiger partial charge in [-0.05, 0) is 45.7 Å². The molecule has 2 aromatic rings. The van der Waals surface area contributed by atoms with Crippen LogP contribution in [0.1, 0.15) is 50.0 Å². The lowest BCUT2D eigenvalue weighted by Crippen LogP contribution is -2.44. The van der Waals surface area contributed by atoms with Crippen molar-refractivity contribution in [2.75, 3.05) is 18.4 Å². The van der Waals surface area contributed by atoms with E-state index in [2.05, 4.69) is 10.4 Å². The number of likely N-dealkylation sites (tertiary alicyclic amines) is 1. The minimum absolute atomic E-state index is 0.0244. The summed E-state index contributed by atoms with van der Waals surface area (Å²) in [5.41, 5.74) is 0.606. The lowest BCUT2D eigenvalue weighted by molar-refractivity contribution is -0.146. The number of aromatic nitrogens is 2. The van der Waals surface area contributed by atoms with Gasteiger partial charge in [-0.2, -0.15) is 5.10 Å². The second-order valence-electron chi connectivity index (χ2n) is 7.36. The Hall–Kier alpha value is -2.67. The molecule has 0 saturated carbocycles. The van der Waals surface area contributed by atoms with Crippen molar-refractivity contribution in [3.05, 3.63) is 48.2 Å². The molecule has 0 aliphatic carbocycles. The van der Waals surface area contributed by atoms with E-state index in [1.807, 2.05) is 41.6 Å². The summed E-state index contributed by atoms with van der Waals surface area (Å²) >= 11 is 0. The molecule has 2 amide bonds. The van der Waals surface area contributed by atoms with Gasteiger partial charge in [-0.25, -0.2) is 4.68 Å². The number of nitrogens with zero attached hydrogens (tertiary/aromatic N) is 3. The van der Waals surface area contributed by atoms with Gasteiger partial charge in [-0.3, -0.25) is 9.59 Å². The van der Waals surface area contributed by atoms with Gasteiger partial charge in [0.15, 0.2) is 0 Å². The molecule has 1 N–H and O–H groups in total. The van der Waals surface area contributed by atoms with E-state index >= 15 is 0 Å². The van der Waals surface area contributed by atoms with Crippen LogP contribution in [0.3, 0.4) is 0 Å². The fourth-order valence-corrected chi connectivity index (χ4v) is 3.54. The number of hydrogen-bond donors (Lipinski definition) is 1. The van der Waals surface area contributed by atoms with Crippen LogP contribution in [-0.2, 0) is 9.53 Å². The van der Waals surface area contributed by atoms with E-state index in [4.69, 9.17) is 4.74 Å². The topological polar surface area (TPSA) is 76.5 Å². The summed E-state index contributed by atoms with van der Waals surface area (Å²) in [5.74, 6) is 0.551. The summed E-state index contributed by atoms with van der Waals surface area (Å²) in [6, 6.07) is 11.1. The monoisotopic (exact) mass is 384 g/mol. The van der Waals surface area contributed by atoms with Crippen LogP contribution in [0.2, 0.25) is 0 Å². The Bertz CT molecular complexity index is 795. The molecule has 0 radical (unpaired) electrons. The first-order valence-corrected chi connectivity index (χ1v) is 9.80.